The Hall–Kier alpha value is -1.58. The fourth-order valence-corrected chi connectivity index (χ4v) is 1.91. The number of carbonyl (C=O) groups is 1. The van der Waals surface area contributed by atoms with Crippen molar-refractivity contribution in [3.05, 3.63) is 23.9 Å². The predicted molar refractivity (Wildman–Crippen MR) is 79.5 cm³/mol. The van der Waals surface area contributed by atoms with Crippen LogP contribution in [0.2, 0.25) is 0 Å². The zero-order valence-electron chi connectivity index (χ0n) is 12.4. The summed E-state index contributed by atoms with van der Waals surface area (Å²) in [4.78, 5) is 18.6. The first-order valence-electron chi connectivity index (χ1n) is 7.11. The molecule has 1 aromatic rings. The largest absolute Gasteiger partial charge is 0.370 e. The quantitative estimate of drug-likeness (QED) is 0.822. The van der Waals surface area contributed by atoms with Gasteiger partial charge in [0.05, 0.1) is 0 Å². The van der Waals surface area contributed by atoms with Crippen LogP contribution in [0.3, 0.4) is 0 Å². The highest BCUT2D eigenvalue weighted by Crippen LogP contribution is 2.12. The highest BCUT2D eigenvalue weighted by atomic mass is 16.2. The summed E-state index contributed by atoms with van der Waals surface area (Å²) in [6, 6.07) is 3.83. The maximum absolute atomic E-state index is 12.5. The summed E-state index contributed by atoms with van der Waals surface area (Å²) in [6.07, 6.45) is 3.69. The Morgan fingerprint density at radius 2 is 2.11 bits per heavy atom. The average Bonchev–Trinajstić information content (AvgIpc) is 2.41. The molecule has 1 N–H and O–H groups in total. The molecule has 4 nitrogen and oxygen atoms in total. The summed E-state index contributed by atoms with van der Waals surface area (Å²) in [5.41, 5.74) is 0.704. The maximum atomic E-state index is 12.5. The summed E-state index contributed by atoms with van der Waals surface area (Å²) < 4.78 is 0. The molecule has 1 aromatic heterocycles. The molecule has 0 unspecified atom stereocenters. The standard InChI is InChI=1S/C15H25N3O/c1-5-8-16-14-11-13(7-9-17-14)15(19)18(10-6-2)12(3)4/h7,9,11-12H,5-6,8,10H2,1-4H3,(H,16,17). The summed E-state index contributed by atoms with van der Waals surface area (Å²) in [5.74, 6) is 0.853. The fraction of sp³-hybridized carbons (Fsp3) is 0.600. The molecule has 0 aliphatic rings. The number of hydrogen-bond donors (Lipinski definition) is 1. The zero-order chi connectivity index (χ0) is 14.3. The lowest BCUT2D eigenvalue weighted by Gasteiger charge is -2.26. The molecule has 106 valence electrons. The summed E-state index contributed by atoms with van der Waals surface area (Å²) in [6.45, 7) is 9.94. The Balaban J connectivity index is 2.85. The molecule has 0 bridgehead atoms. The predicted octanol–water partition coefficient (Wildman–Crippen LogP) is 3.16. The molecule has 0 fully saturated rings. The van der Waals surface area contributed by atoms with Gasteiger partial charge in [-0.25, -0.2) is 4.98 Å². The molecule has 0 aliphatic carbocycles. The number of rotatable bonds is 7. The van der Waals surface area contributed by atoms with E-state index in [1.54, 1.807) is 12.3 Å². The van der Waals surface area contributed by atoms with Crippen LogP contribution in [0.4, 0.5) is 5.82 Å². The van der Waals surface area contributed by atoms with Crippen molar-refractivity contribution in [2.24, 2.45) is 0 Å². The number of nitrogens with zero attached hydrogens (tertiary/aromatic N) is 2. The van der Waals surface area contributed by atoms with Crippen LogP contribution >= 0.6 is 0 Å². The molecule has 19 heavy (non-hydrogen) atoms. The van der Waals surface area contributed by atoms with E-state index in [0.717, 1.165) is 31.7 Å². The second-order valence-electron chi connectivity index (χ2n) is 4.95. The number of nitrogens with one attached hydrogen (secondary N) is 1. The third-order valence-electron chi connectivity index (χ3n) is 2.91. The number of hydrogen-bond acceptors (Lipinski definition) is 3. The topological polar surface area (TPSA) is 45.2 Å². The molecule has 0 aromatic carbocycles. The SMILES string of the molecule is CCCNc1cc(C(=O)N(CCC)C(C)C)ccn1. The van der Waals surface area contributed by atoms with Gasteiger partial charge in [-0.3, -0.25) is 4.79 Å². The molecule has 0 saturated heterocycles. The lowest BCUT2D eigenvalue weighted by Crippen LogP contribution is -2.37. The second kappa shape index (κ2) is 7.77. The van der Waals surface area contributed by atoms with Crippen molar-refractivity contribution in [1.82, 2.24) is 9.88 Å². The molecule has 1 rings (SSSR count). The van der Waals surface area contributed by atoms with Crippen LogP contribution in [-0.4, -0.2) is 34.9 Å². The fourth-order valence-electron chi connectivity index (χ4n) is 1.91. The number of aromatic nitrogens is 1. The van der Waals surface area contributed by atoms with Crippen molar-refractivity contribution in [1.29, 1.82) is 0 Å². The molecule has 0 atom stereocenters. The molecule has 4 heteroatoms. The van der Waals surface area contributed by atoms with E-state index in [4.69, 9.17) is 0 Å². The number of pyridine rings is 1. The van der Waals surface area contributed by atoms with Gasteiger partial charge in [-0.15, -0.1) is 0 Å². The Kier molecular flexibility index (Phi) is 6.33. The van der Waals surface area contributed by atoms with Crippen molar-refractivity contribution in [3.8, 4) is 0 Å². The van der Waals surface area contributed by atoms with Gasteiger partial charge in [0, 0.05) is 30.9 Å². The van der Waals surface area contributed by atoms with Gasteiger partial charge in [-0.05, 0) is 38.8 Å². The van der Waals surface area contributed by atoms with E-state index < -0.39 is 0 Å². The van der Waals surface area contributed by atoms with E-state index in [1.165, 1.54) is 0 Å². The molecule has 0 aliphatic heterocycles. The Labute approximate surface area is 116 Å². The molecule has 1 heterocycles. The van der Waals surface area contributed by atoms with Crippen molar-refractivity contribution < 1.29 is 4.79 Å². The Morgan fingerprint density at radius 3 is 2.68 bits per heavy atom. The summed E-state index contributed by atoms with van der Waals surface area (Å²) in [5, 5.41) is 3.21. The first kappa shape index (κ1) is 15.5. The van der Waals surface area contributed by atoms with Crippen molar-refractivity contribution >= 4 is 11.7 Å². The molecule has 1 amide bonds. The van der Waals surface area contributed by atoms with E-state index in [-0.39, 0.29) is 11.9 Å². The molecule has 0 saturated carbocycles. The average molecular weight is 263 g/mol. The summed E-state index contributed by atoms with van der Waals surface area (Å²) in [7, 11) is 0. The smallest absolute Gasteiger partial charge is 0.254 e. The van der Waals surface area contributed by atoms with E-state index in [9.17, 15) is 4.79 Å². The highest BCUT2D eigenvalue weighted by Gasteiger charge is 2.18. The maximum Gasteiger partial charge on any atom is 0.254 e. The van der Waals surface area contributed by atoms with Gasteiger partial charge in [0.25, 0.3) is 5.91 Å². The van der Waals surface area contributed by atoms with Crippen molar-refractivity contribution in [2.75, 3.05) is 18.4 Å². The Morgan fingerprint density at radius 1 is 1.37 bits per heavy atom. The third-order valence-corrected chi connectivity index (χ3v) is 2.91. The van der Waals surface area contributed by atoms with Crippen molar-refractivity contribution in [3.63, 3.8) is 0 Å². The molecular weight excluding hydrogens is 238 g/mol. The second-order valence-corrected chi connectivity index (χ2v) is 4.95. The summed E-state index contributed by atoms with van der Waals surface area (Å²) >= 11 is 0. The van der Waals surface area contributed by atoms with Crippen molar-refractivity contribution in [2.45, 2.75) is 46.6 Å². The van der Waals surface area contributed by atoms with E-state index in [1.807, 2.05) is 24.8 Å². The first-order chi connectivity index (χ1) is 9.10. The van der Waals surface area contributed by atoms with Gasteiger partial charge >= 0.3 is 0 Å². The molecule has 0 radical (unpaired) electrons. The van der Waals surface area contributed by atoms with Crippen LogP contribution in [0.25, 0.3) is 0 Å². The minimum absolute atomic E-state index is 0.0822. The van der Waals surface area contributed by atoms with Gasteiger partial charge in [-0.1, -0.05) is 13.8 Å². The molecular formula is C15H25N3O. The minimum atomic E-state index is 0.0822. The van der Waals surface area contributed by atoms with E-state index in [0.29, 0.717) is 5.56 Å². The monoisotopic (exact) mass is 263 g/mol. The number of carbonyl (C=O) groups excluding carboxylic acids is 1. The van der Waals surface area contributed by atoms with E-state index in [2.05, 4.69) is 24.1 Å². The van der Waals surface area contributed by atoms with Crippen LogP contribution < -0.4 is 5.32 Å². The molecule has 0 spiro atoms. The van der Waals surface area contributed by atoms with Crippen LogP contribution in [0, 0.1) is 0 Å². The number of anilines is 1. The lowest BCUT2D eigenvalue weighted by molar-refractivity contribution is 0.0706. The minimum Gasteiger partial charge on any atom is -0.370 e. The number of amides is 1. The van der Waals surface area contributed by atoms with Gasteiger partial charge in [0.15, 0.2) is 0 Å². The van der Waals surface area contributed by atoms with Gasteiger partial charge in [0.2, 0.25) is 0 Å². The lowest BCUT2D eigenvalue weighted by atomic mass is 10.2. The van der Waals surface area contributed by atoms with Crippen LogP contribution in [0.15, 0.2) is 18.3 Å². The third kappa shape index (κ3) is 4.54. The van der Waals surface area contributed by atoms with E-state index >= 15 is 0 Å². The van der Waals surface area contributed by atoms with Crippen LogP contribution in [0.5, 0.6) is 0 Å². The normalized spacial score (nSPS) is 10.6. The van der Waals surface area contributed by atoms with Gasteiger partial charge in [0.1, 0.15) is 5.82 Å². The van der Waals surface area contributed by atoms with Crippen LogP contribution in [-0.2, 0) is 0 Å². The van der Waals surface area contributed by atoms with Gasteiger partial charge in [-0.2, -0.15) is 0 Å². The first-order valence-corrected chi connectivity index (χ1v) is 7.11. The van der Waals surface area contributed by atoms with Gasteiger partial charge < -0.3 is 10.2 Å². The zero-order valence-corrected chi connectivity index (χ0v) is 12.4. The Bertz CT molecular complexity index is 404. The highest BCUT2D eigenvalue weighted by molar-refractivity contribution is 5.95. The van der Waals surface area contributed by atoms with Crippen LogP contribution in [0.1, 0.15) is 50.9 Å².